The average molecular weight is 311 g/mol. The summed E-state index contributed by atoms with van der Waals surface area (Å²) in [6, 6.07) is 16.6. The second-order valence-electron chi connectivity index (χ2n) is 5.56. The van der Waals surface area contributed by atoms with E-state index in [-0.39, 0.29) is 18.3 Å². The van der Waals surface area contributed by atoms with Crippen LogP contribution in [0.25, 0.3) is 11.1 Å². The summed E-state index contributed by atoms with van der Waals surface area (Å²) in [5.74, 6) is -0.125. The van der Waals surface area contributed by atoms with Crippen LogP contribution in [0.3, 0.4) is 0 Å². The molecule has 4 heteroatoms. The minimum absolute atomic E-state index is 0.108. The van der Waals surface area contributed by atoms with E-state index in [1.165, 1.54) is 22.3 Å². The number of fused-ring (bicyclic) bond motifs is 3. The summed E-state index contributed by atoms with van der Waals surface area (Å²) in [5, 5.41) is 0. The number of hydrogen-bond donors (Lipinski definition) is 1. The molecule has 0 amide bonds. The smallest absolute Gasteiger partial charge is 0.308 e. The molecule has 0 spiro atoms. The first-order valence-corrected chi connectivity index (χ1v) is 7.93. The fraction of sp³-hybridized carbons (Fsp3) is 0.316. The molecule has 1 aliphatic rings. The molecule has 0 unspecified atom stereocenters. The summed E-state index contributed by atoms with van der Waals surface area (Å²) in [7, 11) is 0. The van der Waals surface area contributed by atoms with Gasteiger partial charge in [-0.05, 0) is 22.3 Å². The van der Waals surface area contributed by atoms with E-state index in [0.29, 0.717) is 26.4 Å². The average Bonchev–Trinajstić information content (AvgIpc) is 2.91. The van der Waals surface area contributed by atoms with Gasteiger partial charge in [0.05, 0.1) is 19.6 Å². The highest BCUT2D eigenvalue weighted by Crippen LogP contribution is 2.44. The van der Waals surface area contributed by atoms with Crippen LogP contribution in [0.5, 0.6) is 0 Å². The first-order chi connectivity index (χ1) is 11.3. The molecule has 0 saturated carbocycles. The van der Waals surface area contributed by atoms with E-state index in [4.69, 9.17) is 15.2 Å². The van der Waals surface area contributed by atoms with Crippen LogP contribution in [-0.2, 0) is 14.3 Å². The van der Waals surface area contributed by atoms with Crippen molar-refractivity contribution in [3.8, 4) is 11.1 Å². The number of rotatable bonds is 7. The van der Waals surface area contributed by atoms with Gasteiger partial charge in [0.25, 0.3) is 0 Å². The third-order valence-corrected chi connectivity index (χ3v) is 4.09. The Hall–Kier alpha value is -2.17. The van der Waals surface area contributed by atoms with Crippen LogP contribution in [0.4, 0.5) is 0 Å². The summed E-state index contributed by atoms with van der Waals surface area (Å²) < 4.78 is 10.7. The summed E-state index contributed by atoms with van der Waals surface area (Å²) in [4.78, 5) is 11.9. The Bertz CT molecular complexity index is 638. The molecular formula is C19H21NO3. The van der Waals surface area contributed by atoms with Crippen LogP contribution >= 0.6 is 0 Å². The van der Waals surface area contributed by atoms with Crippen LogP contribution < -0.4 is 5.73 Å². The van der Waals surface area contributed by atoms with E-state index >= 15 is 0 Å². The summed E-state index contributed by atoms with van der Waals surface area (Å²) in [6.07, 6.45) is 0.260. The van der Waals surface area contributed by atoms with Crippen molar-refractivity contribution in [1.82, 2.24) is 0 Å². The molecule has 0 aliphatic heterocycles. The molecule has 0 saturated heterocycles. The van der Waals surface area contributed by atoms with Gasteiger partial charge in [0.1, 0.15) is 6.61 Å². The van der Waals surface area contributed by atoms with Gasteiger partial charge in [-0.25, -0.2) is 0 Å². The SMILES string of the molecule is NCCOCCC(=O)OCC1c2ccccc2-c2ccccc21. The van der Waals surface area contributed by atoms with Crippen molar-refractivity contribution < 1.29 is 14.3 Å². The third kappa shape index (κ3) is 3.44. The van der Waals surface area contributed by atoms with Gasteiger partial charge in [-0.15, -0.1) is 0 Å². The van der Waals surface area contributed by atoms with Crippen molar-refractivity contribution in [1.29, 1.82) is 0 Å². The molecule has 0 fully saturated rings. The number of nitrogens with two attached hydrogens (primary N) is 1. The predicted octanol–water partition coefficient (Wildman–Crippen LogP) is 2.71. The summed E-state index contributed by atoms with van der Waals surface area (Å²) in [6.45, 7) is 1.65. The van der Waals surface area contributed by atoms with Gasteiger partial charge in [0, 0.05) is 12.5 Å². The number of carbonyl (C=O) groups is 1. The fourth-order valence-electron chi connectivity index (χ4n) is 3.03. The molecule has 23 heavy (non-hydrogen) atoms. The Balaban J connectivity index is 1.65. The fourth-order valence-corrected chi connectivity index (χ4v) is 3.03. The van der Waals surface area contributed by atoms with Crippen LogP contribution in [0.1, 0.15) is 23.5 Å². The van der Waals surface area contributed by atoms with E-state index in [1.807, 2.05) is 24.3 Å². The topological polar surface area (TPSA) is 61.5 Å². The second-order valence-corrected chi connectivity index (χ2v) is 5.56. The number of benzene rings is 2. The van der Waals surface area contributed by atoms with Gasteiger partial charge in [-0.3, -0.25) is 4.79 Å². The Morgan fingerprint density at radius 2 is 1.57 bits per heavy atom. The number of esters is 1. The lowest BCUT2D eigenvalue weighted by molar-refractivity contribution is -0.145. The van der Waals surface area contributed by atoms with Crippen LogP contribution in [-0.4, -0.2) is 32.3 Å². The summed E-state index contributed by atoms with van der Waals surface area (Å²) >= 11 is 0. The predicted molar refractivity (Wildman–Crippen MR) is 89.2 cm³/mol. The van der Waals surface area contributed by atoms with E-state index in [9.17, 15) is 4.79 Å². The lowest BCUT2D eigenvalue weighted by Gasteiger charge is -2.14. The van der Waals surface area contributed by atoms with Gasteiger partial charge in [0.15, 0.2) is 0 Å². The summed E-state index contributed by atoms with van der Waals surface area (Å²) in [5.41, 5.74) is 10.2. The largest absolute Gasteiger partial charge is 0.465 e. The zero-order valence-electron chi connectivity index (χ0n) is 13.0. The highest BCUT2D eigenvalue weighted by atomic mass is 16.5. The molecule has 4 nitrogen and oxygen atoms in total. The van der Waals surface area contributed by atoms with Crippen LogP contribution in [0, 0.1) is 0 Å². The molecule has 0 bridgehead atoms. The Kier molecular flexibility index (Phi) is 5.05. The maximum absolute atomic E-state index is 11.9. The van der Waals surface area contributed by atoms with Crippen molar-refractivity contribution in [2.45, 2.75) is 12.3 Å². The third-order valence-electron chi connectivity index (χ3n) is 4.09. The number of hydrogen-bond acceptors (Lipinski definition) is 4. The van der Waals surface area contributed by atoms with Gasteiger partial charge in [0.2, 0.25) is 0 Å². The Morgan fingerprint density at radius 3 is 2.17 bits per heavy atom. The molecule has 2 aromatic rings. The zero-order valence-corrected chi connectivity index (χ0v) is 13.0. The Labute approximate surface area is 136 Å². The number of ether oxygens (including phenoxy) is 2. The maximum atomic E-state index is 11.9. The van der Waals surface area contributed by atoms with Crippen molar-refractivity contribution >= 4 is 5.97 Å². The molecule has 2 aromatic carbocycles. The van der Waals surface area contributed by atoms with Crippen molar-refractivity contribution in [2.24, 2.45) is 5.73 Å². The van der Waals surface area contributed by atoms with Crippen molar-refractivity contribution in [3.05, 3.63) is 59.7 Å². The van der Waals surface area contributed by atoms with Crippen LogP contribution in [0.15, 0.2) is 48.5 Å². The maximum Gasteiger partial charge on any atom is 0.308 e. The highest BCUT2D eigenvalue weighted by Gasteiger charge is 2.28. The van der Waals surface area contributed by atoms with Gasteiger partial charge in [-0.2, -0.15) is 0 Å². The highest BCUT2D eigenvalue weighted by molar-refractivity contribution is 5.79. The van der Waals surface area contributed by atoms with E-state index < -0.39 is 0 Å². The molecule has 0 heterocycles. The normalized spacial score (nSPS) is 12.7. The molecule has 0 atom stereocenters. The molecule has 3 rings (SSSR count). The van der Waals surface area contributed by atoms with Crippen molar-refractivity contribution in [2.75, 3.05) is 26.4 Å². The molecular weight excluding hydrogens is 290 g/mol. The van der Waals surface area contributed by atoms with E-state index in [1.54, 1.807) is 0 Å². The minimum atomic E-state index is -0.233. The molecule has 0 aromatic heterocycles. The molecule has 0 radical (unpaired) electrons. The Morgan fingerprint density at radius 1 is 0.957 bits per heavy atom. The van der Waals surface area contributed by atoms with Crippen molar-refractivity contribution in [3.63, 3.8) is 0 Å². The van der Waals surface area contributed by atoms with Crippen LogP contribution in [0.2, 0.25) is 0 Å². The number of carbonyl (C=O) groups excluding carboxylic acids is 1. The van der Waals surface area contributed by atoms with E-state index in [2.05, 4.69) is 24.3 Å². The van der Waals surface area contributed by atoms with Gasteiger partial charge >= 0.3 is 5.97 Å². The molecule has 2 N–H and O–H groups in total. The quantitative estimate of drug-likeness (QED) is 0.631. The lowest BCUT2D eigenvalue weighted by Crippen LogP contribution is -2.15. The first kappa shape index (κ1) is 15.7. The molecule has 120 valence electrons. The van der Waals surface area contributed by atoms with Gasteiger partial charge < -0.3 is 15.2 Å². The minimum Gasteiger partial charge on any atom is -0.465 e. The van der Waals surface area contributed by atoms with E-state index in [0.717, 1.165) is 0 Å². The lowest BCUT2D eigenvalue weighted by atomic mass is 9.98. The zero-order chi connectivity index (χ0) is 16.1. The second kappa shape index (κ2) is 7.40. The monoisotopic (exact) mass is 311 g/mol. The molecule has 1 aliphatic carbocycles. The standard InChI is InChI=1S/C19H21NO3/c20-10-12-22-11-9-19(21)23-13-18-16-7-3-1-5-14(16)15-6-2-4-8-17(15)18/h1-8,18H,9-13,20H2. The van der Waals surface area contributed by atoms with Gasteiger partial charge in [-0.1, -0.05) is 48.5 Å². The first-order valence-electron chi connectivity index (χ1n) is 7.93.